The first-order valence-electron chi connectivity index (χ1n) is 6.27. The van der Waals surface area contributed by atoms with E-state index >= 15 is 0 Å². The molecule has 0 unspecified atom stereocenters. The van der Waals surface area contributed by atoms with Crippen LogP contribution in [0.25, 0.3) is 10.9 Å². The smallest absolute Gasteiger partial charge is 0.225 e. The Kier molecular flexibility index (Phi) is 4.48. The first-order valence-corrected chi connectivity index (χ1v) is 6.27. The van der Waals surface area contributed by atoms with Crippen LogP contribution >= 0.6 is 0 Å². The predicted molar refractivity (Wildman–Crippen MR) is 75.3 cm³/mol. The van der Waals surface area contributed by atoms with Crippen molar-refractivity contribution in [1.29, 1.82) is 0 Å². The van der Waals surface area contributed by atoms with Gasteiger partial charge in [0, 0.05) is 11.9 Å². The van der Waals surface area contributed by atoms with E-state index in [-0.39, 0.29) is 13.2 Å². The van der Waals surface area contributed by atoms with Crippen LogP contribution in [-0.2, 0) is 0 Å². The second kappa shape index (κ2) is 6.31. The van der Waals surface area contributed by atoms with Gasteiger partial charge in [-0.15, -0.1) is 0 Å². The Bertz CT molecular complexity index is 543. The van der Waals surface area contributed by atoms with E-state index in [1.165, 1.54) is 0 Å². The minimum absolute atomic E-state index is 0.161. The van der Waals surface area contributed by atoms with E-state index in [9.17, 15) is 0 Å². The van der Waals surface area contributed by atoms with Gasteiger partial charge in [0.25, 0.3) is 0 Å². The number of hydrogen-bond acceptors (Lipinski definition) is 6. The highest BCUT2D eigenvalue weighted by Gasteiger charge is 2.11. The molecule has 0 aliphatic rings. The molecule has 0 atom stereocenters. The van der Waals surface area contributed by atoms with Crippen molar-refractivity contribution in [3.63, 3.8) is 0 Å². The number of fused-ring (bicyclic) bond motifs is 1. The fourth-order valence-electron chi connectivity index (χ4n) is 1.77. The van der Waals surface area contributed by atoms with Gasteiger partial charge in [-0.05, 0) is 19.1 Å². The average Bonchev–Trinajstić information content (AvgIpc) is 2.45. The molecule has 2 aromatic rings. The molecule has 0 spiro atoms. The molecule has 0 radical (unpaired) electrons. The van der Waals surface area contributed by atoms with E-state index in [1.807, 2.05) is 31.2 Å². The number of benzene rings is 1. The van der Waals surface area contributed by atoms with Crippen LogP contribution in [-0.4, -0.2) is 46.0 Å². The lowest BCUT2D eigenvalue weighted by atomic mass is 10.2. The van der Waals surface area contributed by atoms with E-state index in [2.05, 4.69) is 20.6 Å². The number of aliphatic hydroxyl groups excluding tert-OH is 2. The number of para-hydroxylation sites is 1. The maximum absolute atomic E-state index is 9.15. The van der Waals surface area contributed by atoms with Crippen LogP contribution in [0.2, 0.25) is 0 Å². The maximum Gasteiger partial charge on any atom is 0.225 e. The third-order valence-corrected chi connectivity index (χ3v) is 2.72. The van der Waals surface area contributed by atoms with Crippen LogP contribution < -0.4 is 10.6 Å². The van der Waals surface area contributed by atoms with Gasteiger partial charge in [0.2, 0.25) is 5.95 Å². The number of aromatic nitrogens is 2. The summed E-state index contributed by atoms with van der Waals surface area (Å²) >= 11 is 0. The monoisotopic (exact) mass is 262 g/mol. The molecule has 1 aromatic heterocycles. The van der Waals surface area contributed by atoms with Gasteiger partial charge in [0.15, 0.2) is 0 Å². The van der Waals surface area contributed by atoms with Crippen molar-refractivity contribution in [3.8, 4) is 0 Å². The molecule has 19 heavy (non-hydrogen) atoms. The summed E-state index contributed by atoms with van der Waals surface area (Å²) in [7, 11) is 0. The predicted octanol–water partition coefficient (Wildman–Crippen LogP) is 0.827. The Hall–Kier alpha value is -1.92. The molecule has 1 heterocycles. The lowest BCUT2D eigenvalue weighted by Crippen LogP contribution is -2.28. The number of rotatable bonds is 6. The zero-order valence-corrected chi connectivity index (χ0v) is 10.8. The van der Waals surface area contributed by atoms with Crippen molar-refractivity contribution in [2.24, 2.45) is 0 Å². The molecule has 0 aliphatic heterocycles. The van der Waals surface area contributed by atoms with E-state index in [4.69, 9.17) is 10.2 Å². The Morgan fingerprint density at radius 2 is 1.89 bits per heavy atom. The van der Waals surface area contributed by atoms with Gasteiger partial charge < -0.3 is 20.8 Å². The van der Waals surface area contributed by atoms with Gasteiger partial charge in [0.1, 0.15) is 5.82 Å². The van der Waals surface area contributed by atoms with Crippen molar-refractivity contribution in [2.75, 3.05) is 30.4 Å². The van der Waals surface area contributed by atoms with Gasteiger partial charge in [-0.2, -0.15) is 4.98 Å². The Labute approximate surface area is 111 Å². The van der Waals surface area contributed by atoms with E-state index in [0.717, 1.165) is 17.4 Å². The molecule has 0 amide bonds. The number of anilines is 2. The number of nitrogens with one attached hydrogen (secondary N) is 2. The summed E-state index contributed by atoms with van der Waals surface area (Å²) in [5, 5.41) is 25.2. The second-order valence-corrected chi connectivity index (χ2v) is 4.15. The van der Waals surface area contributed by atoms with Crippen molar-refractivity contribution >= 4 is 22.7 Å². The van der Waals surface area contributed by atoms with Crippen LogP contribution in [0.5, 0.6) is 0 Å². The molecule has 102 valence electrons. The minimum Gasteiger partial charge on any atom is -0.394 e. The van der Waals surface area contributed by atoms with Gasteiger partial charge in [0.05, 0.1) is 24.8 Å². The van der Waals surface area contributed by atoms with E-state index < -0.39 is 6.04 Å². The quantitative estimate of drug-likeness (QED) is 0.616. The van der Waals surface area contributed by atoms with Crippen LogP contribution in [0, 0.1) is 0 Å². The average molecular weight is 262 g/mol. The summed E-state index contributed by atoms with van der Waals surface area (Å²) in [5.41, 5.74) is 0.811. The summed E-state index contributed by atoms with van der Waals surface area (Å²) in [6.45, 7) is 2.37. The first kappa shape index (κ1) is 13.5. The number of hydrogen-bond donors (Lipinski definition) is 4. The van der Waals surface area contributed by atoms with Crippen molar-refractivity contribution in [1.82, 2.24) is 9.97 Å². The molecule has 1 aromatic carbocycles. The van der Waals surface area contributed by atoms with Crippen molar-refractivity contribution in [2.45, 2.75) is 13.0 Å². The van der Waals surface area contributed by atoms with Crippen molar-refractivity contribution in [3.05, 3.63) is 24.3 Å². The van der Waals surface area contributed by atoms with Crippen LogP contribution in [0.4, 0.5) is 11.8 Å². The molecule has 0 fully saturated rings. The molecule has 0 saturated carbocycles. The summed E-state index contributed by atoms with van der Waals surface area (Å²) in [5.74, 6) is 1.13. The van der Waals surface area contributed by atoms with Crippen LogP contribution in [0.3, 0.4) is 0 Å². The highest BCUT2D eigenvalue weighted by Crippen LogP contribution is 2.22. The molecule has 0 aliphatic carbocycles. The number of nitrogens with zero attached hydrogens (tertiary/aromatic N) is 2. The third kappa shape index (κ3) is 3.10. The largest absolute Gasteiger partial charge is 0.394 e. The first-order chi connectivity index (χ1) is 9.28. The summed E-state index contributed by atoms with van der Waals surface area (Å²) < 4.78 is 0. The summed E-state index contributed by atoms with van der Waals surface area (Å²) in [4.78, 5) is 8.77. The lowest BCUT2D eigenvalue weighted by molar-refractivity contribution is 0.203. The molecule has 6 nitrogen and oxygen atoms in total. The number of aliphatic hydroxyl groups is 2. The normalized spacial score (nSPS) is 10.9. The Balaban J connectivity index is 2.43. The zero-order valence-electron chi connectivity index (χ0n) is 10.8. The standard InChI is InChI=1S/C13H18N4O2/c1-2-14-13-16-11-6-4-3-5-10(11)12(17-13)15-9(7-18)8-19/h3-6,9,18-19H,2,7-8H2,1H3,(H2,14,15,16,17). The van der Waals surface area contributed by atoms with Gasteiger partial charge in [-0.25, -0.2) is 4.98 Å². The van der Waals surface area contributed by atoms with Gasteiger partial charge in [-0.3, -0.25) is 0 Å². The van der Waals surface area contributed by atoms with Crippen molar-refractivity contribution < 1.29 is 10.2 Å². The third-order valence-electron chi connectivity index (χ3n) is 2.72. The SMILES string of the molecule is CCNc1nc(NC(CO)CO)c2ccccc2n1. The van der Waals surface area contributed by atoms with E-state index in [1.54, 1.807) is 0 Å². The lowest BCUT2D eigenvalue weighted by Gasteiger charge is -2.16. The van der Waals surface area contributed by atoms with Crippen LogP contribution in [0.15, 0.2) is 24.3 Å². The molecule has 0 saturated heterocycles. The molecular weight excluding hydrogens is 244 g/mol. The molecule has 4 N–H and O–H groups in total. The molecular formula is C13H18N4O2. The van der Waals surface area contributed by atoms with E-state index in [0.29, 0.717) is 11.8 Å². The maximum atomic E-state index is 9.15. The molecule has 6 heteroatoms. The molecule has 0 bridgehead atoms. The highest BCUT2D eigenvalue weighted by atomic mass is 16.3. The fourth-order valence-corrected chi connectivity index (χ4v) is 1.77. The van der Waals surface area contributed by atoms with Gasteiger partial charge >= 0.3 is 0 Å². The Morgan fingerprint density at radius 3 is 2.58 bits per heavy atom. The highest BCUT2D eigenvalue weighted by molar-refractivity contribution is 5.90. The second-order valence-electron chi connectivity index (χ2n) is 4.15. The van der Waals surface area contributed by atoms with Crippen LogP contribution in [0.1, 0.15) is 6.92 Å². The summed E-state index contributed by atoms with van der Waals surface area (Å²) in [6.07, 6.45) is 0. The Morgan fingerprint density at radius 1 is 1.16 bits per heavy atom. The van der Waals surface area contributed by atoms with Gasteiger partial charge in [-0.1, -0.05) is 12.1 Å². The molecule has 2 rings (SSSR count). The zero-order chi connectivity index (χ0) is 13.7. The fraction of sp³-hybridized carbons (Fsp3) is 0.385. The minimum atomic E-state index is -0.437. The summed E-state index contributed by atoms with van der Waals surface area (Å²) in [6, 6.07) is 7.17. The topological polar surface area (TPSA) is 90.3 Å².